The van der Waals surface area contributed by atoms with E-state index >= 15 is 0 Å². The van der Waals surface area contributed by atoms with Crippen molar-refractivity contribution < 1.29 is 19.1 Å². The summed E-state index contributed by atoms with van der Waals surface area (Å²) in [5.74, 6) is -0.918. The summed E-state index contributed by atoms with van der Waals surface area (Å²) in [6, 6.07) is 0. The van der Waals surface area contributed by atoms with Gasteiger partial charge in [-0.25, -0.2) is 0 Å². The second-order valence-electron chi connectivity index (χ2n) is 3.94. The standard InChI is InChI=1S/C12H22O4S2/c1-4-7-10(15-11(13)8(17)5-2)16-12(14)9(18)6-3/h8-10,17-18H,4-7H2,1-3H3. The minimum Gasteiger partial charge on any atom is -0.424 e. The van der Waals surface area contributed by atoms with Gasteiger partial charge < -0.3 is 9.47 Å². The molecular weight excluding hydrogens is 272 g/mol. The van der Waals surface area contributed by atoms with Crippen molar-refractivity contribution >= 4 is 37.2 Å². The van der Waals surface area contributed by atoms with Crippen molar-refractivity contribution in [3.05, 3.63) is 0 Å². The van der Waals surface area contributed by atoms with E-state index in [1.165, 1.54) is 0 Å². The molecule has 18 heavy (non-hydrogen) atoms. The molecule has 6 heteroatoms. The Balaban J connectivity index is 4.39. The average Bonchev–Trinajstić information content (AvgIpc) is 2.36. The minimum absolute atomic E-state index is 0.459. The van der Waals surface area contributed by atoms with E-state index in [0.29, 0.717) is 19.3 Å². The Hall–Kier alpha value is -0.360. The van der Waals surface area contributed by atoms with Crippen molar-refractivity contribution in [2.24, 2.45) is 0 Å². The van der Waals surface area contributed by atoms with Crippen LogP contribution in [0.5, 0.6) is 0 Å². The fourth-order valence-electron chi connectivity index (χ4n) is 1.13. The molecule has 2 unspecified atom stereocenters. The van der Waals surface area contributed by atoms with Gasteiger partial charge in [0, 0.05) is 6.42 Å². The van der Waals surface area contributed by atoms with Gasteiger partial charge in [0.2, 0.25) is 6.29 Å². The van der Waals surface area contributed by atoms with Crippen molar-refractivity contribution in [3.63, 3.8) is 0 Å². The quantitative estimate of drug-likeness (QED) is 0.410. The first-order valence-corrected chi connectivity index (χ1v) is 7.26. The predicted octanol–water partition coefficient (Wildman–Crippen LogP) is 2.62. The van der Waals surface area contributed by atoms with Crippen LogP contribution in [0.4, 0.5) is 0 Å². The maximum Gasteiger partial charge on any atom is 0.321 e. The third kappa shape index (κ3) is 6.54. The van der Waals surface area contributed by atoms with Gasteiger partial charge in [0.15, 0.2) is 0 Å². The van der Waals surface area contributed by atoms with E-state index in [4.69, 9.17) is 9.47 Å². The van der Waals surface area contributed by atoms with Gasteiger partial charge >= 0.3 is 11.9 Å². The molecule has 0 aliphatic rings. The third-order valence-electron chi connectivity index (χ3n) is 2.34. The number of esters is 2. The van der Waals surface area contributed by atoms with Gasteiger partial charge in [-0.05, 0) is 19.3 Å². The number of hydrogen-bond acceptors (Lipinski definition) is 6. The minimum atomic E-state index is -0.836. The Morgan fingerprint density at radius 1 is 0.944 bits per heavy atom. The van der Waals surface area contributed by atoms with Gasteiger partial charge in [-0.1, -0.05) is 20.8 Å². The van der Waals surface area contributed by atoms with Gasteiger partial charge in [0.25, 0.3) is 0 Å². The first-order chi connectivity index (χ1) is 8.46. The van der Waals surface area contributed by atoms with Crippen LogP contribution in [0.1, 0.15) is 46.5 Å². The summed E-state index contributed by atoms with van der Waals surface area (Å²) in [4.78, 5) is 23.1. The first kappa shape index (κ1) is 17.6. The molecule has 0 aliphatic heterocycles. The number of carbonyl (C=O) groups excluding carboxylic acids is 2. The number of thiol groups is 2. The fourth-order valence-corrected chi connectivity index (χ4v) is 1.25. The average molecular weight is 294 g/mol. The number of rotatable bonds is 8. The molecule has 0 saturated heterocycles. The van der Waals surface area contributed by atoms with Crippen LogP contribution in [0.2, 0.25) is 0 Å². The molecule has 0 spiro atoms. The second kappa shape index (κ2) is 9.55. The first-order valence-electron chi connectivity index (χ1n) is 6.23. The van der Waals surface area contributed by atoms with Crippen LogP contribution >= 0.6 is 25.3 Å². The van der Waals surface area contributed by atoms with Crippen LogP contribution in [0, 0.1) is 0 Å². The molecule has 0 fully saturated rings. The molecule has 0 radical (unpaired) electrons. The van der Waals surface area contributed by atoms with Crippen LogP contribution in [0.3, 0.4) is 0 Å². The topological polar surface area (TPSA) is 52.6 Å². The zero-order valence-corrected chi connectivity index (χ0v) is 12.9. The number of carbonyl (C=O) groups is 2. The van der Waals surface area contributed by atoms with E-state index in [1.54, 1.807) is 0 Å². The maximum atomic E-state index is 11.6. The molecule has 0 aromatic rings. The zero-order valence-electron chi connectivity index (χ0n) is 11.1. The van der Waals surface area contributed by atoms with Crippen LogP contribution in [0.25, 0.3) is 0 Å². The molecule has 0 bridgehead atoms. The summed E-state index contributed by atoms with van der Waals surface area (Å²) in [7, 11) is 0. The molecule has 0 amide bonds. The van der Waals surface area contributed by atoms with Crippen LogP contribution in [0.15, 0.2) is 0 Å². The lowest BCUT2D eigenvalue weighted by atomic mass is 10.3. The summed E-state index contributed by atoms with van der Waals surface area (Å²) >= 11 is 8.17. The smallest absolute Gasteiger partial charge is 0.321 e. The molecule has 0 saturated carbocycles. The monoisotopic (exact) mass is 294 g/mol. The lowest BCUT2D eigenvalue weighted by Crippen LogP contribution is -2.31. The molecule has 0 rings (SSSR count). The van der Waals surface area contributed by atoms with Gasteiger partial charge in [-0.15, -0.1) is 0 Å². The van der Waals surface area contributed by atoms with Crippen molar-refractivity contribution in [2.75, 3.05) is 0 Å². The van der Waals surface area contributed by atoms with Crippen LogP contribution in [-0.2, 0) is 19.1 Å². The lowest BCUT2D eigenvalue weighted by Gasteiger charge is -2.20. The van der Waals surface area contributed by atoms with Gasteiger partial charge in [0.1, 0.15) is 0 Å². The molecule has 0 N–H and O–H groups in total. The van der Waals surface area contributed by atoms with Gasteiger partial charge in [-0.3, -0.25) is 9.59 Å². The van der Waals surface area contributed by atoms with Crippen molar-refractivity contribution in [3.8, 4) is 0 Å². The van der Waals surface area contributed by atoms with E-state index in [-0.39, 0.29) is 0 Å². The molecule has 4 nitrogen and oxygen atoms in total. The van der Waals surface area contributed by atoms with Crippen molar-refractivity contribution in [1.82, 2.24) is 0 Å². The predicted molar refractivity (Wildman–Crippen MR) is 77.0 cm³/mol. The Morgan fingerprint density at radius 3 is 1.61 bits per heavy atom. The SMILES string of the molecule is CCCC(OC(=O)C(S)CC)OC(=O)C(S)CC. The zero-order chi connectivity index (χ0) is 14.1. The molecule has 0 heterocycles. The summed E-state index contributed by atoms with van der Waals surface area (Å²) in [5.41, 5.74) is 0. The summed E-state index contributed by atoms with van der Waals surface area (Å²) in [6.45, 7) is 5.59. The molecular formula is C12H22O4S2. The van der Waals surface area contributed by atoms with Gasteiger partial charge in [-0.2, -0.15) is 25.3 Å². The second-order valence-corrected chi connectivity index (χ2v) is 5.19. The Labute approximate surface area is 120 Å². The highest BCUT2D eigenvalue weighted by Gasteiger charge is 2.24. The molecule has 2 atom stereocenters. The molecule has 0 aromatic carbocycles. The number of ether oxygens (including phenoxy) is 2. The maximum absolute atomic E-state index is 11.6. The van der Waals surface area contributed by atoms with Crippen molar-refractivity contribution in [2.45, 2.75) is 63.2 Å². The highest BCUT2D eigenvalue weighted by Crippen LogP contribution is 2.13. The summed E-state index contributed by atoms with van der Waals surface area (Å²) < 4.78 is 10.2. The Kier molecular flexibility index (Phi) is 9.36. The highest BCUT2D eigenvalue weighted by atomic mass is 32.1. The van der Waals surface area contributed by atoms with E-state index < -0.39 is 28.7 Å². The molecule has 106 valence electrons. The van der Waals surface area contributed by atoms with E-state index in [2.05, 4.69) is 25.3 Å². The van der Waals surface area contributed by atoms with Crippen LogP contribution < -0.4 is 0 Å². The van der Waals surface area contributed by atoms with E-state index in [0.717, 1.165) is 6.42 Å². The molecule has 0 aliphatic carbocycles. The number of hydrogen-bond donors (Lipinski definition) is 2. The van der Waals surface area contributed by atoms with E-state index in [9.17, 15) is 9.59 Å². The van der Waals surface area contributed by atoms with Crippen LogP contribution in [-0.4, -0.2) is 28.7 Å². The van der Waals surface area contributed by atoms with E-state index in [1.807, 2.05) is 20.8 Å². The third-order valence-corrected chi connectivity index (χ3v) is 3.49. The Morgan fingerprint density at radius 2 is 1.33 bits per heavy atom. The lowest BCUT2D eigenvalue weighted by molar-refractivity contribution is -0.188. The fraction of sp³-hybridized carbons (Fsp3) is 0.833. The largest absolute Gasteiger partial charge is 0.424 e. The van der Waals surface area contributed by atoms with Gasteiger partial charge in [0.05, 0.1) is 10.5 Å². The Bertz CT molecular complexity index is 247. The highest BCUT2D eigenvalue weighted by molar-refractivity contribution is 7.82. The summed E-state index contributed by atoms with van der Waals surface area (Å²) in [5, 5.41) is -0.970. The summed E-state index contributed by atoms with van der Waals surface area (Å²) in [6.07, 6.45) is 1.53. The normalized spacial score (nSPS) is 15.6. The van der Waals surface area contributed by atoms with Crippen molar-refractivity contribution in [1.29, 1.82) is 0 Å². The molecule has 0 aromatic heterocycles.